The number of hydrogen-bond acceptors (Lipinski definition) is 1. The Balaban J connectivity index is 2.02. The highest BCUT2D eigenvalue weighted by Crippen LogP contribution is 2.45. The van der Waals surface area contributed by atoms with Crippen LogP contribution in [0.4, 0.5) is 13.2 Å². The highest BCUT2D eigenvalue weighted by atomic mass is 19.4. The summed E-state index contributed by atoms with van der Waals surface area (Å²) in [5, 5.41) is 3.41. The van der Waals surface area contributed by atoms with E-state index in [-0.39, 0.29) is 12.0 Å². The van der Waals surface area contributed by atoms with Gasteiger partial charge in [-0.15, -0.1) is 0 Å². The molecular weight excluding hydrogens is 251 g/mol. The van der Waals surface area contributed by atoms with Crippen LogP contribution in [0.3, 0.4) is 0 Å². The van der Waals surface area contributed by atoms with E-state index in [0.29, 0.717) is 12.3 Å². The Kier molecular flexibility index (Phi) is 5.15. The van der Waals surface area contributed by atoms with E-state index in [9.17, 15) is 13.2 Å². The lowest BCUT2D eigenvalue weighted by Crippen LogP contribution is -2.46. The van der Waals surface area contributed by atoms with Gasteiger partial charge >= 0.3 is 6.18 Å². The summed E-state index contributed by atoms with van der Waals surface area (Å²) in [6, 6.07) is 0.0828. The van der Waals surface area contributed by atoms with E-state index >= 15 is 0 Å². The van der Waals surface area contributed by atoms with Gasteiger partial charge in [-0.25, -0.2) is 0 Å². The molecule has 0 aromatic heterocycles. The Labute approximate surface area is 114 Å². The number of alkyl halides is 3. The lowest BCUT2D eigenvalue weighted by Gasteiger charge is -2.38. The second-order valence-corrected chi connectivity index (χ2v) is 6.34. The number of nitrogens with one attached hydrogen (secondary N) is 1. The lowest BCUT2D eigenvalue weighted by atomic mass is 9.73. The van der Waals surface area contributed by atoms with Gasteiger partial charge in [0.2, 0.25) is 0 Å². The third-order valence-corrected chi connectivity index (χ3v) is 4.70. The largest absolute Gasteiger partial charge is 0.392 e. The summed E-state index contributed by atoms with van der Waals surface area (Å²) in [6.07, 6.45) is 3.16. The van der Waals surface area contributed by atoms with Crippen molar-refractivity contribution >= 4 is 0 Å². The van der Waals surface area contributed by atoms with Crippen LogP contribution < -0.4 is 5.32 Å². The molecule has 2 aliphatic rings. The summed E-state index contributed by atoms with van der Waals surface area (Å²) in [5.41, 5.74) is 0. The highest BCUT2D eigenvalue weighted by molar-refractivity contribution is 4.91. The number of hydrogen-bond donors (Lipinski definition) is 1. The van der Waals surface area contributed by atoms with Crippen LogP contribution in [0.25, 0.3) is 0 Å². The maximum absolute atomic E-state index is 13.2. The number of rotatable bonds is 6. The molecule has 3 atom stereocenters. The summed E-state index contributed by atoms with van der Waals surface area (Å²) < 4.78 is 39.6. The monoisotopic (exact) mass is 277 g/mol. The van der Waals surface area contributed by atoms with Crippen molar-refractivity contribution in [2.45, 2.75) is 70.5 Å². The second-order valence-electron chi connectivity index (χ2n) is 6.34. The molecule has 112 valence electrons. The minimum atomic E-state index is -4.01. The van der Waals surface area contributed by atoms with Crippen LogP contribution >= 0.6 is 0 Å². The van der Waals surface area contributed by atoms with Gasteiger partial charge < -0.3 is 5.32 Å². The van der Waals surface area contributed by atoms with Crippen molar-refractivity contribution in [2.24, 2.45) is 17.8 Å². The zero-order chi connectivity index (χ0) is 13.9. The first-order chi connectivity index (χ1) is 9.02. The lowest BCUT2D eigenvalue weighted by molar-refractivity contribution is -0.199. The fourth-order valence-corrected chi connectivity index (χ4v) is 3.50. The minimum Gasteiger partial charge on any atom is -0.314 e. The van der Waals surface area contributed by atoms with E-state index in [1.165, 1.54) is 12.8 Å². The molecule has 0 saturated heterocycles. The molecule has 0 aromatic carbocycles. The second kappa shape index (κ2) is 6.47. The van der Waals surface area contributed by atoms with Crippen molar-refractivity contribution < 1.29 is 13.2 Å². The van der Waals surface area contributed by atoms with Crippen LogP contribution in [0.1, 0.15) is 58.3 Å². The van der Waals surface area contributed by atoms with Gasteiger partial charge in [0.25, 0.3) is 0 Å². The summed E-state index contributed by atoms with van der Waals surface area (Å²) in [6.45, 7) is 2.92. The molecule has 0 bridgehead atoms. The van der Waals surface area contributed by atoms with Gasteiger partial charge in [0.1, 0.15) is 0 Å². The Bertz CT molecular complexity index is 273. The third kappa shape index (κ3) is 4.37. The molecule has 0 amide bonds. The van der Waals surface area contributed by atoms with E-state index in [1.54, 1.807) is 0 Å². The van der Waals surface area contributed by atoms with Crippen molar-refractivity contribution in [1.29, 1.82) is 0 Å². The molecule has 3 unspecified atom stereocenters. The molecule has 0 spiro atoms. The molecule has 0 aromatic rings. The van der Waals surface area contributed by atoms with Crippen LogP contribution in [-0.4, -0.2) is 18.8 Å². The van der Waals surface area contributed by atoms with Gasteiger partial charge in [0.15, 0.2) is 0 Å². The van der Waals surface area contributed by atoms with E-state index in [1.807, 2.05) is 0 Å². The molecule has 2 saturated carbocycles. The van der Waals surface area contributed by atoms with Crippen molar-refractivity contribution in [1.82, 2.24) is 5.32 Å². The highest BCUT2D eigenvalue weighted by Gasteiger charge is 2.48. The summed E-state index contributed by atoms with van der Waals surface area (Å²) in [5.74, 6) is -0.583. The van der Waals surface area contributed by atoms with E-state index in [4.69, 9.17) is 0 Å². The van der Waals surface area contributed by atoms with Gasteiger partial charge in [-0.2, -0.15) is 13.2 Å². The fraction of sp³-hybridized carbons (Fsp3) is 1.00. The first-order valence-corrected chi connectivity index (χ1v) is 7.82. The standard InChI is InChI=1S/C15H26F3N/c1-2-9-19-14(10-11-7-8-11)12-5-3-4-6-13(12)15(16,17)18/h11-14,19H,2-10H2,1H3. The predicted octanol–water partition coefficient (Wildman–Crippen LogP) is 4.52. The molecule has 0 radical (unpaired) electrons. The van der Waals surface area contributed by atoms with Gasteiger partial charge in [-0.1, -0.05) is 32.6 Å². The Hall–Kier alpha value is -0.250. The van der Waals surface area contributed by atoms with Crippen molar-refractivity contribution in [3.63, 3.8) is 0 Å². The average molecular weight is 277 g/mol. The van der Waals surface area contributed by atoms with Gasteiger partial charge in [0.05, 0.1) is 5.92 Å². The topological polar surface area (TPSA) is 12.0 Å². The van der Waals surface area contributed by atoms with Crippen LogP contribution in [-0.2, 0) is 0 Å². The Morgan fingerprint density at radius 3 is 2.37 bits per heavy atom. The van der Waals surface area contributed by atoms with E-state index < -0.39 is 12.1 Å². The molecule has 1 N–H and O–H groups in total. The normalized spacial score (nSPS) is 30.3. The predicted molar refractivity (Wildman–Crippen MR) is 70.9 cm³/mol. The number of halogens is 3. The molecule has 0 aliphatic heterocycles. The minimum absolute atomic E-state index is 0.0828. The molecule has 2 rings (SSSR count). The maximum Gasteiger partial charge on any atom is 0.392 e. The van der Waals surface area contributed by atoms with Gasteiger partial charge in [0, 0.05) is 6.04 Å². The smallest absolute Gasteiger partial charge is 0.314 e. The van der Waals surface area contributed by atoms with Crippen molar-refractivity contribution in [3.8, 4) is 0 Å². The molecule has 1 nitrogen and oxygen atoms in total. The quantitative estimate of drug-likeness (QED) is 0.752. The molecular formula is C15H26F3N. The zero-order valence-corrected chi connectivity index (χ0v) is 11.8. The SMILES string of the molecule is CCCNC(CC1CC1)C1CCCCC1C(F)(F)F. The summed E-state index contributed by atoms with van der Waals surface area (Å²) >= 11 is 0. The van der Waals surface area contributed by atoms with E-state index in [2.05, 4.69) is 12.2 Å². The van der Waals surface area contributed by atoms with Gasteiger partial charge in [-0.3, -0.25) is 0 Å². The van der Waals surface area contributed by atoms with Crippen LogP contribution in [0.2, 0.25) is 0 Å². The molecule has 19 heavy (non-hydrogen) atoms. The van der Waals surface area contributed by atoms with Crippen LogP contribution in [0.15, 0.2) is 0 Å². The molecule has 4 heteroatoms. The summed E-state index contributed by atoms with van der Waals surface area (Å²) in [4.78, 5) is 0. The molecule has 2 aliphatic carbocycles. The third-order valence-electron chi connectivity index (χ3n) is 4.70. The molecule has 0 heterocycles. The van der Waals surface area contributed by atoms with Crippen LogP contribution in [0, 0.1) is 17.8 Å². The first kappa shape index (κ1) is 15.1. The zero-order valence-electron chi connectivity index (χ0n) is 11.8. The van der Waals surface area contributed by atoms with Crippen molar-refractivity contribution in [2.75, 3.05) is 6.54 Å². The Morgan fingerprint density at radius 1 is 1.11 bits per heavy atom. The van der Waals surface area contributed by atoms with Gasteiger partial charge in [-0.05, 0) is 44.1 Å². The Morgan fingerprint density at radius 2 is 1.79 bits per heavy atom. The molecule has 2 fully saturated rings. The fourth-order valence-electron chi connectivity index (χ4n) is 3.50. The average Bonchev–Trinajstić information content (AvgIpc) is 3.17. The van der Waals surface area contributed by atoms with Crippen molar-refractivity contribution in [3.05, 3.63) is 0 Å². The van der Waals surface area contributed by atoms with Crippen LogP contribution in [0.5, 0.6) is 0 Å². The maximum atomic E-state index is 13.2. The van der Waals surface area contributed by atoms with E-state index in [0.717, 1.165) is 38.6 Å². The summed E-state index contributed by atoms with van der Waals surface area (Å²) in [7, 11) is 0. The first-order valence-electron chi connectivity index (χ1n) is 7.82.